The summed E-state index contributed by atoms with van der Waals surface area (Å²) in [6.07, 6.45) is 0.228. The van der Waals surface area contributed by atoms with Gasteiger partial charge >= 0.3 is 0 Å². The van der Waals surface area contributed by atoms with Crippen LogP contribution >= 0.6 is 0 Å². The Hall–Kier alpha value is -2.36. The number of hydrogen-bond acceptors (Lipinski definition) is 2. The molecule has 0 amide bonds. The molecule has 1 N–H and O–H groups in total. The lowest BCUT2D eigenvalue weighted by Crippen LogP contribution is -2.04. The van der Waals surface area contributed by atoms with Crippen LogP contribution in [0.4, 0.5) is 10.1 Å². The number of benzene rings is 2. The van der Waals surface area contributed by atoms with Gasteiger partial charge in [0, 0.05) is 29.4 Å². The summed E-state index contributed by atoms with van der Waals surface area (Å²) in [5.41, 5.74) is 1.45. The van der Waals surface area contributed by atoms with Gasteiger partial charge in [-0.05, 0) is 24.3 Å². The van der Waals surface area contributed by atoms with Crippen LogP contribution in [-0.2, 0) is 0 Å². The fourth-order valence-electron chi connectivity index (χ4n) is 1.62. The second kappa shape index (κ2) is 6.00. The average Bonchev–Trinajstić information content (AvgIpc) is 2.41. The Kier molecular flexibility index (Phi) is 4.13. The van der Waals surface area contributed by atoms with Crippen LogP contribution in [0, 0.1) is 0 Å². The SMILES string of the molecule is CC(F)Oc1ccc(/C=[N+](\O)c2ccccc2)cc1. The van der Waals surface area contributed by atoms with Crippen molar-refractivity contribution >= 4 is 11.9 Å². The maximum absolute atomic E-state index is 12.6. The third-order valence-electron chi connectivity index (χ3n) is 2.47. The Bertz CT molecular complexity index is 550. The molecule has 0 aliphatic rings. The first-order valence-corrected chi connectivity index (χ1v) is 5.94. The molecular formula is C15H15FNO2+. The molecule has 0 saturated heterocycles. The van der Waals surface area contributed by atoms with Crippen molar-refractivity contribution in [3.63, 3.8) is 0 Å². The number of ether oxygens (including phenoxy) is 1. The number of nitrogens with zero attached hydrogens (tertiary/aromatic N) is 1. The van der Waals surface area contributed by atoms with E-state index >= 15 is 0 Å². The highest BCUT2D eigenvalue weighted by atomic mass is 19.1. The smallest absolute Gasteiger partial charge is 0.257 e. The maximum Gasteiger partial charge on any atom is 0.257 e. The summed E-state index contributed by atoms with van der Waals surface area (Å²) in [4.78, 5) is 0. The molecule has 3 nitrogen and oxygen atoms in total. The summed E-state index contributed by atoms with van der Waals surface area (Å²) in [5.74, 6) is 0.455. The summed E-state index contributed by atoms with van der Waals surface area (Å²) >= 11 is 0. The Morgan fingerprint density at radius 2 is 1.74 bits per heavy atom. The van der Waals surface area contributed by atoms with Crippen LogP contribution in [0.1, 0.15) is 12.5 Å². The first kappa shape index (κ1) is 13.1. The molecule has 0 aliphatic carbocycles. The predicted molar refractivity (Wildman–Crippen MR) is 71.0 cm³/mol. The highest BCUT2D eigenvalue weighted by Gasteiger charge is 2.06. The highest BCUT2D eigenvalue weighted by Crippen LogP contribution is 2.14. The molecule has 0 fully saturated rings. The molecule has 0 aromatic heterocycles. The van der Waals surface area contributed by atoms with Crippen LogP contribution in [0.2, 0.25) is 0 Å². The standard InChI is InChI=1S/C15H15FNO2/c1-12(16)19-15-9-7-13(8-10-15)11-17(18)14-5-3-2-4-6-14/h2-12,18H,1H3/q+1/b17-11-. The first-order chi connectivity index (χ1) is 9.15. The third-order valence-corrected chi connectivity index (χ3v) is 2.47. The molecule has 4 heteroatoms. The van der Waals surface area contributed by atoms with Crippen LogP contribution in [-0.4, -0.2) is 22.5 Å². The fourth-order valence-corrected chi connectivity index (χ4v) is 1.62. The molecule has 0 bridgehead atoms. The molecule has 0 saturated carbocycles. The van der Waals surface area contributed by atoms with Crippen LogP contribution in [0.5, 0.6) is 5.75 Å². The van der Waals surface area contributed by atoms with Crippen molar-refractivity contribution in [2.75, 3.05) is 0 Å². The van der Waals surface area contributed by atoms with Crippen molar-refractivity contribution in [1.29, 1.82) is 0 Å². The molecule has 98 valence electrons. The summed E-state index contributed by atoms with van der Waals surface area (Å²) in [5, 5.41) is 9.88. The lowest BCUT2D eigenvalue weighted by Gasteiger charge is -2.05. The summed E-state index contributed by atoms with van der Waals surface area (Å²) in [6.45, 7) is 1.32. The van der Waals surface area contributed by atoms with E-state index in [1.165, 1.54) is 6.92 Å². The first-order valence-electron chi connectivity index (χ1n) is 5.94. The largest absolute Gasteiger partial charge is 0.461 e. The molecule has 0 spiro atoms. The molecule has 2 rings (SSSR count). The maximum atomic E-state index is 12.6. The lowest BCUT2D eigenvalue weighted by atomic mass is 10.2. The van der Waals surface area contributed by atoms with Crippen molar-refractivity contribution in [2.45, 2.75) is 13.3 Å². The van der Waals surface area contributed by atoms with Gasteiger partial charge in [-0.25, -0.2) is 4.39 Å². The number of rotatable bonds is 4. The summed E-state index contributed by atoms with van der Waals surface area (Å²) in [7, 11) is 0. The van der Waals surface area contributed by atoms with Crippen LogP contribution in [0.3, 0.4) is 0 Å². The zero-order valence-corrected chi connectivity index (χ0v) is 10.5. The zero-order chi connectivity index (χ0) is 13.7. The van der Waals surface area contributed by atoms with Gasteiger partial charge in [0.1, 0.15) is 5.75 Å². The monoisotopic (exact) mass is 260 g/mol. The van der Waals surface area contributed by atoms with E-state index < -0.39 is 6.36 Å². The fraction of sp³-hybridized carbons (Fsp3) is 0.133. The number of hydrogen-bond donors (Lipinski definition) is 1. The topological polar surface area (TPSA) is 32.5 Å². The van der Waals surface area contributed by atoms with Crippen LogP contribution in [0.15, 0.2) is 54.6 Å². The zero-order valence-electron chi connectivity index (χ0n) is 10.5. The minimum absolute atomic E-state index is 0.455. The molecular weight excluding hydrogens is 245 g/mol. The van der Waals surface area contributed by atoms with Gasteiger partial charge in [-0.1, -0.05) is 18.2 Å². The summed E-state index contributed by atoms with van der Waals surface area (Å²) in [6, 6.07) is 15.9. The predicted octanol–water partition coefficient (Wildman–Crippen LogP) is 3.53. The van der Waals surface area contributed by atoms with E-state index in [1.54, 1.807) is 42.6 Å². The number of halogens is 1. The van der Waals surface area contributed by atoms with Gasteiger partial charge in [-0.15, -0.1) is 0 Å². The Morgan fingerprint density at radius 3 is 2.32 bits per heavy atom. The van der Waals surface area contributed by atoms with E-state index in [2.05, 4.69) is 0 Å². The lowest BCUT2D eigenvalue weighted by molar-refractivity contribution is -0.709. The average molecular weight is 260 g/mol. The molecule has 1 unspecified atom stereocenters. The van der Waals surface area contributed by atoms with Crippen molar-refractivity contribution in [3.05, 3.63) is 60.2 Å². The van der Waals surface area contributed by atoms with E-state index in [4.69, 9.17) is 4.74 Å². The van der Waals surface area contributed by atoms with Crippen molar-refractivity contribution < 1.29 is 19.1 Å². The van der Waals surface area contributed by atoms with Gasteiger partial charge in [-0.3, -0.25) is 5.21 Å². The minimum atomic E-state index is -1.34. The normalized spacial score (nSPS) is 13.1. The van der Waals surface area contributed by atoms with Crippen LogP contribution < -0.4 is 4.74 Å². The van der Waals surface area contributed by atoms with E-state index in [0.29, 0.717) is 11.4 Å². The van der Waals surface area contributed by atoms with E-state index in [-0.39, 0.29) is 0 Å². The van der Waals surface area contributed by atoms with Gasteiger partial charge in [0.2, 0.25) is 12.6 Å². The molecule has 2 aromatic carbocycles. The van der Waals surface area contributed by atoms with E-state index in [1.807, 2.05) is 18.2 Å². The molecule has 1 atom stereocenters. The molecule has 19 heavy (non-hydrogen) atoms. The van der Waals surface area contributed by atoms with Gasteiger partial charge in [0.05, 0.1) is 0 Å². The third kappa shape index (κ3) is 3.81. The minimum Gasteiger partial charge on any atom is -0.461 e. The van der Waals surface area contributed by atoms with E-state index in [9.17, 15) is 9.60 Å². The van der Waals surface area contributed by atoms with E-state index in [0.717, 1.165) is 10.3 Å². The van der Waals surface area contributed by atoms with Crippen molar-refractivity contribution in [3.8, 4) is 5.75 Å². The van der Waals surface area contributed by atoms with Gasteiger partial charge < -0.3 is 4.74 Å². The summed E-state index contributed by atoms with van der Waals surface area (Å²) < 4.78 is 18.6. The molecule has 0 aliphatic heterocycles. The molecule has 0 radical (unpaired) electrons. The Morgan fingerprint density at radius 1 is 1.11 bits per heavy atom. The second-order valence-electron chi connectivity index (χ2n) is 4.04. The highest BCUT2D eigenvalue weighted by molar-refractivity contribution is 5.76. The molecule has 0 heterocycles. The van der Waals surface area contributed by atoms with Gasteiger partial charge in [-0.2, -0.15) is 0 Å². The van der Waals surface area contributed by atoms with Crippen molar-refractivity contribution in [2.24, 2.45) is 0 Å². The molecule has 2 aromatic rings. The quantitative estimate of drug-likeness (QED) is 0.395. The second-order valence-corrected chi connectivity index (χ2v) is 4.04. The van der Waals surface area contributed by atoms with Gasteiger partial charge in [0.25, 0.3) is 5.69 Å². The van der Waals surface area contributed by atoms with Crippen LogP contribution in [0.25, 0.3) is 0 Å². The Balaban J connectivity index is 2.15. The van der Waals surface area contributed by atoms with Gasteiger partial charge in [0.15, 0.2) is 0 Å². The number of para-hydroxylation sites is 1. The Labute approximate surface area is 111 Å². The van der Waals surface area contributed by atoms with Crippen molar-refractivity contribution in [1.82, 2.24) is 0 Å². The number of alkyl halides is 1.